The largest absolute Gasteiger partial charge is 0.402 e. The van der Waals surface area contributed by atoms with Crippen molar-refractivity contribution in [3.05, 3.63) is 59.2 Å². The Morgan fingerprint density at radius 1 is 1.00 bits per heavy atom. The lowest BCUT2D eigenvalue weighted by Crippen LogP contribution is -2.33. The van der Waals surface area contributed by atoms with E-state index in [1.165, 1.54) is 35.1 Å². The molecule has 0 aliphatic carbocycles. The van der Waals surface area contributed by atoms with E-state index in [1.807, 2.05) is 6.92 Å². The second-order valence-corrected chi connectivity index (χ2v) is 9.06. The fourth-order valence-electron chi connectivity index (χ4n) is 3.13. The number of benzene rings is 2. The maximum absolute atomic E-state index is 12.6. The van der Waals surface area contributed by atoms with Crippen LogP contribution in [0.3, 0.4) is 0 Å². The molecule has 0 spiro atoms. The van der Waals surface area contributed by atoms with Crippen LogP contribution in [0.25, 0.3) is 0 Å². The number of rotatable bonds is 8. The van der Waals surface area contributed by atoms with Crippen molar-refractivity contribution in [3.63, 3.8) is 0 Å². The van der Waals surface area contributed by atoms with Gasteiger partial charge in [-0.25, -0.2) is 13.1 Å². The summed E-state index contributed by atoms with van der Waals surface area (Å²) in [6, 6.07) is 8.64. The van der Waals surface area contributed by atoms with E-state index in [9.17, 15) is 36.0 Å². The third-order valence-corrected chi connectivity index (χ3v) is 6.27. The minimum atomic E-state index is -4.70. The Kier molecular flexibility index (Phi) is 6.89. The Morgan fingerprint density at radius 2 is 1.64 bits per heavy atom. The highest BCUT2D eigenvalue weighted by Gasteiger charge is 2.35. The summed E-state index contributed by atoms with van der Waals surface area (Å²) in [5.74, 6) is -1.50. The number of fused-ring (bicyclic) bond motifs is 1. The fraction of sp³-hybridized carbons (Fsp3) is 0.286. The number of unbranched alkanes of at least 4 members (excludes halogenated alkanes) is 1. The van der Waals surface area contributed by atoms with Gasteiger partial charge in [-0.15, -0.1) is 0 Å². The molecule has 33 heavy (non-hydrogen) atoms. The van der Waals surface area contributed by atoms with Crippen molar-refractivity contribution < 1.29 is 36.0 Å². The lowest BCUT2D eigenvalue weighted by molar-refractivity contribution is -0.121. The van der Waals surface area contributed by atoms with Gasteiger partial charge in [0.25, 0.3) is 17.7 Å². The molecule has 3 amide bonds. The van der Waals surface area contributed by atoms with E-state index < -0.39 is 45.4 Å². The highest BCUT2D eigenvalue weighted by Crippen LogP contribution is 2.25. The summed E-state index contributed by atoms with van der Waals surface area (Å²) in [4.78, 5) is 38.2. The number of anilines is 1. The van der Waals surface area contributed by atoms with Crippen LogP contribution in [-0.4, -0.2) is 50.3 Å². The van der Waals surface area contributed by atoms with Crippen molar-refractivity contribution in [1.82, 2.24) is 9.62 Å². The molecule has 0 saturated carbocycles. The quantitative estimate of drug-likeness (QED) is 0.560. The average molecular weight is 483 g/mol. The first-order valence-electron chi connectivity index (χ1n) is 9.91. The topological polar surface area (TPSA) is 113 Å². The molecule has 0 bridgehead atoms. The van der Waals surface area contributed by atoms with Crippen molar-refractivity contribution in [2.75, 3.05) is 18.4 Å². The minimum absolute atomic E-state index is 0.107. The Balaban J connectivity index is 1.71. The zero-order valence-corrected chi connectivity index (χ0v) is 18.2. The number of nitrogens with one attached hydrogen (secondary N) is 2. The van der Waals surface area contributed by atoms with Gasteiger partial charge in [-0.1, -0.05) is 13.3 Å². The van der Waals surface area contributed by atoms with Gasteiger partial charge < -0.3 is 5.32 Å². The monoisotopic (exact) mass is 483 g/mol. The van der Waals surface area contributed by atoms with Crippen LogP contribution < -0.4 is 10.0 Å². The molecule has 0 atom stereocenters. The van der Waals surface area contributed by atoms with E-state index >= 15 is 0 Å². The van der Waals surface area contributed by atoms with Crippen molar-refractivity contribution in [1.29, 1.82) is 0 Å². The first-order valence-corrected chi connectivity index (χ1v) is 11.4. The van der Waals surface area contributed by atoms with Crippen LogP contribution in [0.5, 0.6) is 0 Å². The van der Waals surface area contributed by atoms with Gasteiger partial charge in [-0.05, 0) is 48.9 Å². The Bertz CT molecular complexity index is 1190. The number of carbonyl (C=O) groups excluding carboxylic acids is 3. The van der Waals surface area contributed by atoms with E-state index in [1.54, 1.807) is 0 Å². The SMILES string of the molecule is CCCCN1C(=O)c2ccc(C(=O)Nc3ccc(S(=O)(=O)NCC(F)(F)F)cc3)cc2C1=O. The number of hydrogen-bond donors (Lipinski definition) is 2. The molecule has 2 aromatic rings. The van der Waals surface area contributed by atoms with E-state index in [2.05, 4.69) is 5.32 Å². The molecule has 176 valence electrons. The zero-order chi connectivity index (χ0) is 24.4. The smallest absolute Gasteiger partial charge is 0.322 e. The molecule has 2 N–H and O–H groups in total. The Morgan fingerprint density at radius 3 is 2.24 bits per heavy atom. The number of amides is 3. The maximum Gasteiger partial charge on any atom is 0.402 e. The molecule has 0 aromatic heterocycles. The van der Waals surface area contributed by atoms with Crippen LogP contribution in [0.4, 0.5) is 18.9 Å². The molecule has 1 aliphatic rings. The molecular weight excluding hydrogens is 463 g/mol. The summed E-state index contributed by atoms with van der Waals surface area (Å²) >= 11 is 0. The molecule has 0 fully saturated rings. The van der Waals surface area contributed by atoms with Crippen LogP contribution in [0, 0.1) is 0 Å². The highest BCUT2D eigenvalue weighted by molar-refractivity contribution is 7.89. The van der Waals surface area contributed by atoms with E-state index in [-0.39, 0.29) is 28.9 Å². The second-order valence-electron chi connectivity index (χ2n) is 7.29. The molecule has 0 radical (unpaired) electrons. The summed E-state index contributed by atoms with van der Waals surface area (Å²) < 4.78 is 62.1. The number of hydrogen-bond acceptors (Lipinski definition) is 5. The van der Waals surface area contributed by atoms with E-state index in [0.717, 1.165) is 23.5 Å². The van der Waals surface area contributed by atoms with Gasteiger partial charge >= 0.3 is 6.18 Å². The minimum Gasteiger partial charge on any atom is -0.322 e. The lowest BCUT2D eigenvalue weighted by atomic mass is 10.1. The number of alkyl halides is 3. The zero-order valence-electron chi connectivity index (χ0n) is 17.4. The summed E-state index contributed by atoms with van der Waals surface area (Å²) in [7, 11) is -4.38. The van der Waals surface area contributed by atoms with Gasteiger partial charge in [0.05, 0.1) is 16.0 Å². The first-order chi connectivity index (χ1) is 15.4. The first kappa shape index (κ1) is 24.4. The molecule has 1 heterocycles. The number of halogens is 3. The third-order valence-electron chi connectivity index (χ3n) is 4.85. The molecule has 0 saturated heterocycles. The van der Waals surface area contributed by atoms with Crippen LogP contribution in [-0.2, 0) is 10.0 Å². The van der Waals surface area contributed by atoms with Crippen LogP contribution in [0.2, 0.25) is 0 Å². The van der Waals surface area contributed by atoms with Gasteiger partial charge in [-0.2, -0.15) is 13.2 Å². The summed E-state index contributed by atoms with van der Waals surface area (Å²) in [5, 5.41) is 2.51. The fourth-order valence-corrected chi connectivity index (χ4v) is 4.15. The Hall–Kier alpha value is -3.25. The normalized spacial score (nSPS) is 13.9. The van der Waals surface area contributed by atoms with E-state index in [4.69, 9.17) is 0 Å². The van der Waals surface area contributed by atoms with Gasteiger partial charge in [0.2, 0.25) is 10.0 Å². The molecule has 0 unspecified atom stereocenters. The van der Waals surface area contributed by atoms with Crippen LogP contribution in [0.15, 0.2) is 47.4 Å². The summed E-state index contributed by atoms with van der Waals surface area (Å²) in [6.07, 6.45) is -3.23. The van der Waals surface area contributed by atoms with Crippen molar-refractivity contribution >= 4 is 33.4 Å². The van der Waals surface area contributed by atoms with Crippen molar-refractivity contribution in [2.24, 2.45) is 0 Å². The maximum atomic E-state index is 12.6. The number of carbonyl (C=O) groups is 3. The molecule has 8 nitrogen and oxygen atoms in total. The average Bonchev–Trinajstić information content (AvgIpc) is 3.00. The molecule has 3 rings (SSSR count). The molecule has 2 aromatic carbocycles. The van der Waals surface area contributed by atoms with Crippen LogP contribution >= 0.6 is 0 Å². The van der Waals surface area contributed by atoms with Gasteiger partial charge in [0.1, 0.15) is 6.54 Å². The number of imide groups is 1. The van der Waals surface area contributed by atoms with Gasteiger partial charge in [-0.3, -0.25) is 19.3 Å². The second kappa shape index (κ2) is 9.32. The van der Waals surface area contributed by atoms with E-state index in [0.29, 0.717) is 6.42 Å². The summed E-state index contributed by atoms with van der Waals surface area (Å²) in [5.41, 5.74) is 0.632. The molecular formula is C21H20F3N3O5S. The van der Waals surface area contributed by atoms with Crippen molar-refractivity contribution in [2.45, 2.75) is 30.8 Å². The molecule has 1 aliphatic heterocycles. The third kappa shape index (κ3) is 5.57. The summed E-state index contributed by atoms with van der Waals surface area (Å²) in [6.45, 7) is 0.516. The lowest BCUT2D eigenvalue weighted by Gasteiger charge is -2.12. The predicted octanol–water partition coefficient (Wildman–Crippen LogP) is 3.18. The Labute approximate surface area is 187 Å². The number of sulfonamides is 1. The van der Waals surface area contributed by atoms with Gasteiger partial charge in [0.15, 0.2) is 0 Å². The molecule has 12 heteroatoms. The van der Waals surface area contributed by atoms with Crippen molar-refractivity contribution in [3.8, 4) is 0 Å². The van der Waals surface area contributed by atoms with Gasteiger partial charge in [0, 0.05) is 17.8 Å². The standard InChI is InChI=1S/C21H20F3N3O5S/c1-2-3-10-27-19(29)16-9-4-13(11-17(16)20(27)30)18(28)26-14-5-7-15(8-6-14)33(31,32)25-12-21(22,23)24/h4-9,11,25H,2-3,10,12H2,1H3,(H,26,28). The highest BCUT2D eigenvalue weighted by atomic mass is 32.2. The van der Waals surface area contributed by atoms with Crippen LogP contribution in [0.1, 0.15) is 50.8 Å². The number of nitrogens with zero attached hydrogens (tertiary/aromatic N) is 1. The predicted molar refractivity (Wildman–Crippen MR) is 112 cm³/mol.